The zero-order valence-corrected chi connectivity index (χ0v) is 16.5. The summed E-state index contributed by atoms with van der Waals surface area (Å²) in [6.07, 6.45) is 6.42. The van der Waals surface area contributed by atoms with Crippen molar-refractivity contribution in [3.8, 4) is 0 Å². The van der Waals surface area contributed by atoms with E-state index in [1.807, 2.05) is 12.1 Å². The highest BCUT2D eigenvalue weighted by atomic mass is 32.2. The third-order valence-corrected chi connectivity index (χ3v) is 7.90. The maximum Gasteiger partial charge on any atom is 0.226 e. The Labute approximate surface area is 160 Å². The summed E-state index contributed by atoms with van der Waals surface area (Å²) in [5, 5.41) is 0. The predicted molar refractivity (Wildman–Crippen MR) is 101 cm³/mol. The van der Waals surface area contributed by atoms with Crippen LogP contribution in [0.15, 0.2) is 24.3 Å². The van der Waals surface area contributed by atoms with Gasteiger partial charge in [-0.05, 0) is 62.1 Å². The van der Waals surface area contributed by atoms with E-state index in [0.717, 1.165) is 25.7 Å². The first-order valence-corrected chi connectivity index (χ1v) is 11.7. The minimum absolute atomic E-state index is 0.0616. The molecule has 3 saturated heterocycles. The third kappa shape index (κ3) is 3.76. The number of carbonyl (C=O) groups is 1. The van der Waals surface area contributed by atoms with Crippen molar-refractivity contribution in [2.45, 2.75) is 56.5 Å². The van der Waals surface area contributed by atoms with Gasteiger partial charge in [0.25, 0.3) is 0 Å². The summed E-state index contributed by atoms with van der Waals surface area (Å²) in [7, 11) is -3.17. The molecule has 0 radical (unpaired) electrons. The number of benzene rings is 1. The van der Waals surface area contributed by atoms with Crippen molar-refractivity contribution in [1.82, 2.24) is 9.21 Å². The van der Waals surface area contributed by atoms with Crippen molar-refractivity contribution < 1.29 is 17.6 Å². The van der Waals surface area contributed by atoms with Crippen LogP contribution < -0.4 is 0 Å². The Morgan fingerprint density at radius 3 is 2.07 bits per heavy atom. The summed E-state index contributed by atoms with van der Waals surface area (Å²) in [6.45, 7) is 0.882. The first-order chi connectivity index (χ1) is 12.8. The van der Waals surface area contributed by atoms with E-state index in [4.69, 9.17) is 0 Å². The fourth-order valence-electron chi connectivity index (χ4n) is 5.19. The number of piperidine rings is 2. The van der Waals surface area contributed by atoms with E-state index in [9.17, 15) is 17.6 Å². The molecule has 1 amide bonds. The molecule has 2 bridgehead atoms. The molecule has 27 heavy (non-hydrogen) atoms. The summed E-state index contributed by atoms with van der Waals surface area (Å²) < 4.78 is 38.0. The highest BCUT2D eigenvalue weighted by Gasteiger charge is 2.45. The lowest BCUT2D eigenvalue weighted by Crippen LogP contribution is -2.50. The van der Waals surface area contributed by atoms with Crippen molar-refractivity contribution >= 4 is 15.9 Å². The van der Waals surface area contributed by atoms with E-state index >= 15 is 0 Å². The number of halogens is 1. The van der Waals surface area contributed by atoms with Crippen LogP contribution in [0.4, 0.5) is 4.39 Å². The number of carbonyl (C=O) groups excluding carboxylic acids is 1. The second-order valence-electron chi connectivity index (χ2n) is 8.29. The van der Waals surface area contributed by atoms with E-state index in [1.165, 1.54) is 28.3 Å². The molecule has 5 nitrogen and oxygen atoms in total. The largest absolute Gasteiger partial charge is 0.336 e. The van der Waals surface area contributed by atoms with Crippen LogP contribution in [0, 0.1) is 11.7 Å². The number of sulfonamides is 1. The molecule has 0 N–H and O–H groups in total. The molecule has 3 heterocycles. The molecule has 1 aromatic rings. The number of amides is 1. The molecule has 3 aliphatic heterocycles. The minimum atomic E-state index is -3.17. The molecular formula is C20H27FN2O3S. The van der Waals surface area contributed by atoms with Gasteiger partial charge in [0.05, 0.1) is 6.26 Å². The quantitative estimate of drug-likeness (QED) is 0.792. The minimum Gasteiger partial charge on any atom is -0.336 e. The highest BCUT2D eigenvalue weighted by Crippen LogP contribution is 2.44. The van der Waals surface area contributed by atoms with E-state index in [0.29, 0.717) is 31.8 Å². The fourth-order valence-corrected chi connectivity index (χ4v) is 6.06. The number of fused-ring (bicyclic) bond motifs is 2. The Morgan fingerprint density at radius 2 is 1.56 bits per heavy atom. The van der Waals surface area contributed by atoms with Crippen LogP contribution >= 0.6 is 0 Å². The first kappa shape index (κ1) is 18.9. The number of hydrogen-bond acceptors (Lipinski definition) is 3. The summed E-state index contributed by atoms with van der Waals surface area (Å²) >= 11 is 0. The van der Waals surface area contributed by atoms with E-state index < -0.39 is 10.0 Å². The molecule has 3 aliphatic rings. The Kier molecular flexibility index (Phi) is 5.01. The molecule has 2 atom stereocenters. The smallest absolute Gasteiger partial charge is 0.226 e. The Bertz CT molecular complexity index is 789. The van der Waals surface area contributed by atoms with E-state index in [-0.39, 0.29) is 29.7 Å². The fraction of sp³-hybridized carbons (Fsp3) is 0.650. The monoisotopic (exact) mass is 394 g/mol. The van der Waals surface area contributed by atoms with Crippen LogP contribution in [0.5, 0.6) is 0 Å². The normalized spacial score (nSPS) is 29.9. The zero-order chi connectivity index (χ0) is 19.2. The number of rotatable bonds is 3. The first-order valence-electron chi connectivity index (χ1n) is 9.85. The summed E-state index contributed by atoms with van der Waals surface area (Å²) in [6, 6.07) is 7.31. The number of hydrogen-bond donors (Lipinski definition) is 0. The van der Waals surface area contributed by atoms with Gasteiger partial charge in [0.1, 0.15) is 5.82 Å². The lowest BCUT2D eigenvalue weighted by molar-refractivity contribution is -0.141. The van der Waals surface area contributed by atoms with Gasteiger partial charge in [-0.15, -0.1) is 0 Å². The van der Waals surface area contributed by atoms with Gasteiger partial charge in [0.15, 0.2) is 0 Å². The Balaban J connectivity index is 1.41. The molecule has 0 saturated carbocycles. The SMILES string of the molecule is CS(=O)(=O)N1CCC(C(=O)N2C3CCC2CC(c2ccc(F)cc2)C3)CC1. The van der Waals surface area contributed by atoms with E-state index in [1.54, 1.807) is 0 Å². The van der Waals surface area contributed by atoms with Gasteiger partial charge in [-0.1, -0.05) is 12.1 Å². The second kappa shape index (κ2) is 7.17. The summed E-state index contributed by atoms with van der Waals surface area (Å²) in [5.41, 5.74) is 1.17. The average Bonchev–Trinajstić information content (AvgIpc) is 2.90. The molecule has 0 spiro atoms. The predicted octanol–water partition coefficient (Wildman–Crippen LogP) is 2.73. The van der Waals surface area contributed by atoms with Crippen molar-refractivity contribution in [3.05, 3.63) is 35.6 Å². The third-order valence-electron chi connectivity index (χ3n) is 6.60. The zero-order valence-electron chi connectivity index (χ0n) is 15.7. The van der Waals surface area contributed by atoms with Gasteiger partial charge in [-0.3, -0.25) is 4.79 Å². The Morgan fingerprint density at radius 1 is 1.00 bits per heavy atom. The van der Waals surface area contributed by atoms with E-state index in [2.05, 4.69) is 4.90 Å². The topological polar surface area (TPSA) is 57.7 Å². The summed E-state index contributed by atoms with van der Waals surface area (Å²) in [4.78, 5) is 15.3. The van der Waals surface area contributed by atoms with Crippen LogP contribution in [0.3, 0.4) is 0 Å². The molecule has 3 fully saturated rings. The van der Waals surface area contributed by atoms with Crippen LogP contribution in [-0.2, 0) is 14.8 Å². The van der Waals surface area contributed by atoms with Crippen LogP contribution in [0.25, 0.3) is 0 Å². The van der Waals surface area contributed by atoms with Crippen LogP contribution in [0.2, 0.25) is 0 Å². The maximum absolute atomic E-state index is 13.2. The van der Waals surface area contributed by atoms with Crippen LogP contribution in [-0.4, -0.2) is 55.0 Å². The Hall–Kier alpha value is -1.47. The standard InChI is InChI=1S/C20H27FN2O3S/c1-27(25,26)22-10-8-15(9-11-22)20(24)23-18-6-7-19(23)13-16(12-18)14-2-4-17(21)5-3-14/h2-5,15-16,18-19H,6-13H2,1H3. The van der Waals surface area contributed by atoms with Crippen LogP contribution in [0.1, 0.15) is 50.0 Å². The van der Waals surface area contributed by atoms with Crippen molar-refractivity contribution in [3.63, 3.8) is 0 Å². The molecule has 7 heteroatoms. The lowest BCUT2D eigenvalue weighted by Gasteiger charge is -2.42. The molecular weight excluding hydrogens is 367 g/mol. The summed E-state index contributed by atoms with van der Waals surface area (Å²) in [5.74, 6) is 0.329. The van der Waals surface area contributed by atoms with Crippen molar-refractivity contribution in [1.29, 1.82) is 0 Å². The van der Waals surface area contributed by atoms with Gasteiger partial charge in [-0.2, -0.15) is 0 Å². The molecule has 0 aliphatic carbocycles. The maximum atomic E-state index is 13.2. The molecule has 148 valence electrons. The molecule has 2 unspecified atom stereocenters. The molecule has 0 aromatic heterocycles. The van der Waals surface area contributed by atoms with Gasteiger partial charge >= 0.3 is 0 Å². The molecule has 1 aromatic carbocycles. The van der Waals surface area contributed by atoms with Gasteiger partial charge in [0, 0.05) is 31.1 Å². The second-order valence-corrected chi connectivity index (χ2v) is 10.3. The van der Waals surface area contributed by atoms with Crippen molar-refractivity contribution in [2.24, 2.45) is 5.92 Å². The average molecular weight is 395 g/mol. The van der Waals surface area contributed by atoms with Gasteiger partial charge in [0.2, 0.25) is 15.9 Å². The van der Waals surface area contributed by atoms with Gasteiger partial charge in [-0.25, -0.2) is 17.1 Å². The molecule has 4 rings (SSSR count). The number of nitrogens with zero attached hydrogens (tertiary/aromatic N) is 2. The van der Waals surface area contributed by atoms with Gasteiger partial charge < -0.3 is 4.90 Å². The highest BCUT2D eigenvalue weighted by molar-refractivity contribution is 7.88. The van der Waals surface area contributed by atoms with Crippen molar-refractivity contribution in [2.75, 3.05) is 19.3 Å². The lowest BCUT2D eigenvalue weighted by atomic mass is 9.84.